The summed E-state index contributed by atoms with van der Waals surface area (Å²) in [5, 5.41) is 12.5. The van der Waals surface area contributed by atoms with Gasteiger partial charge in [0.15, 0.2) is 5.82 Å². The molecule has 2 aromatic heterocycles. The number of carboxylic acid groups (broad SMARTS) is 1. The average molecular weight is 249 g/mol. The molecule has 0 amide bonds. The van der Waals surface area contributed by atoms with E-state index in [-0.39, 0.29) is 12.1 Å². The lowest BCUT2D eigenvalue weighted by Gasteiger charge is -2.02. The molecule has 0 saturated carbocycles. The van der Waals surface area contributed by atoms with Gasteiger partial charge >= 0.3 is 5.97 Å². The fourth-order valence-corrected chi connectivity index (χ4v) is 1.47. The fourth-order valence-electron chi connectivity index (χ4n) is 1.47. The molecular formula is C11H11N3O4. The van der Waals surface area contributed by atoms with Crippen LogP contribution in [-0.2, 0) is 13.0 Å². The van der Waals surface area contributed by atoms with E-state index in [1.807, 2.05) is 6.92 Å². The van der Waals surface area contributed by atoms with Crippen LogP contribution in [0.3, 0.4) is 0 Å². The van der Waals surface area contributed by atoms with E-state index in [0.717, 1.165) is 0 Å². The number of rotatable bonds is 4. The Morgan fingerprint density at radius 3 is 2.94 bits per heavy atom. The Balaban J connectivity index is 2.32. The predicted molar refractivity (Wildman–Crippen MR) is 60.4 cm³/mol. The van der Waals surface area contributed by atoms with E-state index in [4.69, 9.17) is 9.63 Å². The molecule has 7 heteroatoms. The van der Waals surface area contributed by atoms with Gasteiger partial charge in [-0.25, -0.2) is 4.79 Å². The highest BCUT2D eigenvalue weighted by molar-refractivity contribution is 5.86. The highest BCUT2D eigenvalue weighted by Crippen LogP contribution is 2.00. The molecule has 0 aliphatic carbocycles. The standard InChI is InChI=1S/C11H11N3O4/c1-2-9-12-8(13-18-9)6-14-5-3-4-7(10(14)15)11(16)17/h3-5H,2,6H2,1H3,(H,16,17). The number of pyridine rings is 1. The van der Waals surface area contributed by atoms with Crippen LogP contribution in [0.25, 0.3) is 0 Å². The molecule has 0 bridgehead atoms. The van der Waals surface area contributed by atoms with Crippen molar-refractivity contribution in [2.45, 2.75) is 19.9 Å². The summed E-state index contributed by atoms with van der Waals surface area (Å²) in [4.78, 5) is 26.7. The third kappa shape index (κ3) is 2.29. The first kappa shape index (κ1) is 12.0. The number of aromatic nitrogens is 3. The summed E-state index contributed by atoms with van der Waals surface area (Å²) in [6.07, 6.45) is 2.09. The Morgan fingerprint density at radius 2 is 2.33 bits per heavy atom. The zero-order chi connectivity index (χ0) is 13.1. The van der Waals surface area contributed by atoms with Crippen LogP contribution in [0.2, 0.25) is 0 Å². The highest BCUT2D eigenvalue weighted by atomic mass is 16.5. The van der Waals surface area contributed by atoms with Crippen LogP contribution < -0.4 is 5.56 Å². The summed E-state index contributed by atoms with van der Waals surface area (Å²) in [5.74, 6) is -0.430. The largest absolute Gasteiger partial charge is 0.477 e. The maximum absolute atomic E-state index is 11.8. The van der Waals surface area contributed by atoms with Crippen LogP contribution in [0.4, 0.5) is 0 Å². The average Bonchev–Trinajstić information content (AvgIpc) is 2.79. The minimum Gasteiger partial charge on any atom is -0.477 e. The van der Waals surface area contributed by atoms with Crippen molar-refractivity contribution in [3.8, 4) is 0 Å². The van der Waals surface area contributed by atoms with Crippen LogP contribution in [0.1, 0.15) is 29.0 Å². The number of hydrogen-bond donors (Lipinski definition) is 1. The fraction of sp³-hybridized carbons (Fsp3) is 0.273. The molecule has 0 fully saturated rings. The van der Waals surface area contributed by atoms with Crippen LogP contribution in [0.15, 0.2) is 27.6 Å². The Bertz CT molecular complexity index is 629. The SMILES string of the molecule is CCc1nc(Cn2cccc(C(=O)O)c2=O)no1. The molecule has 0 aliphatic heterocycles. The highest BCUT2D eigenvalue weighted by Gasteiger charge is 2.12. The van der Waals surface area contributed by atoms with E-state index in [1.54, 1.807) is 0 Å². The number of hydrogen-bond acceptors (Lipinski definition) is 5. The van der Waals surface area contributed by atoms with Gasteiger partial charge in [-0.15, -0.1) is 0 Å². The molecular weight excluding hydrogens is 238 g/mol. The second kappa shape index (κ2) is 4.82. The summed E-state index contributed by atoms with van der Waals surface area (Å²) in [6.45, 7) is 1.96. The first-order valence-electron chi connectivity index (χ1n) is 5.36. The van der Waals surface area contributed by atoms with Crippen molar-refractivity contribution in [2.75, 3.05) is 0 Å². The summed E-state index contributed by atoms with van der Waals surface area (Å²) in [7, 11) is 0. The monoisotopic (exact) mass is 249 g/mol. The molecule has 2 aromatic rings. The first-order valence-corrected chi connectivity index (χ1v) is 5.36. The third-order valence-corrected chi connectivity index (χ3v) is 2.37. The van der Waals surface area contributed by atoms with Crippen molar-refractivity contribution < 1.29 is 14.4 Å². The minimum absolute atomic E-state index is 0.0868. The predicted octanol–water partition coefficient (Wildman–Crippen LogP) is 0.540. The Hall–Kier alpha value is -2.44. The van der Waals surface area contributed by atoms with Gasteiger partial charge in [0.25, 0.3) is 5.56 Å². The van der Waals surface area contributed by atoms with Crippen molar-refractivity contribution in [2.24, 2.45) is 0 Å². The zero-order valence-electron chi connectivity index (χ0n) is 9.66. The molecule has 1 N–H and O–H groups in total. The molecule has 2 rings (SSSR count). The summed E-state index contributed by atoms with van der Waals surface area (Å²) < 4.78 is 6.14. The molecule has 0 spiro atoms. The molecule has 0 unspecified atom stereocenters. The molecule has 0 radical (unpaired) electrons. The van der Waals surface area contributed by atoms with Crippen LogP contribution in [-0.4, -0.2) is 25.8 Å². The second-order valence-corrected chi connectivity index (χ2v) is 3.62. The Labute approximate surface area is 102 Å². The van der Waals surface area contributed by atoms with E-state index < -0.39 is 11.5 Å². The molecule has 0 atom stereocenters. The quantitative estimate of drug-likeness (QED) is 0.849. The van der Waals surface area contributed by atoms with Crippen molar-refractivity contribution >= 4 is 5.97 Å². The Morgan fingerprint density at radius 1 is 1.56 bits per heavy atom. The van der Waals surface area contributed by atoms with Crippen molar-refractivity contribution in [1.29, 1.82) is 0 Å². The second-order valence-electron chi connectivity index (χ2n) is 3.62. The first-order chi connectivity index (χ1) is 8.61. The molecule has 18 heavy (non-hydrogen) atoms. The normalized spacial score (nSPS) is 10.5. The van der Waals surface area contributed by atoms with Gasteiger partial charge in [0.1, 0.15) is 5.56 Å². The van der Waals surface area contributed by atoms with Crippen LogP contribution >= 0.6 is 0 Å². The number of carbonyl (C=O) groups is 1. The number of nitrogens with zero attached hydrogens (tertiary/aromatic N) is 3. The van der Waals surface area contributed by atoms with Crippen molar-refractivity contribution in [3.05, 3.63) is 46.0 Å². The molecule has 94 valence electrons. The topological polar surface area (TPSA) is 98.2 Å². The lowest BCUT2D eigenvalue weighted by molar-refractivity contribution is 0.0694. The Kier molecular flexibility index (Phi) is 3.22. The molecule has 0 aliphatic rings. The van der Waals surface area contributed by atoms with Gasteiger partial charge in [-0.2, -0.15) is 4.98 Å². The zero-order valence-corrected chi connectivity index (χ0v) is 9.66. The summed E-state index contributed by atoms with van der Waals surface area (Å²) in [6, 6.07) is 2.75. The van der Waals surface area contributed by atoms with Gasteiger partial charge in [0.05, 0.1) is 6.54 Å². The van der Waals surface area contributed by atoms with Crippen LogP contribution in [0.5, 0.6) is 0 Å². The van der Waals surface area contributed by atoms with E-state index in [2.05, 4.69) is 10.1 Å². The van der Waals surface area contributed by atoms with Crippen molar-refractivity contribution in [3.63, 3.8) is 0 Å². The molecule has 0 saturated heterocycles. The number of aryl methyl sites for hydroxylation is 1. The molecule has 0 aromatic carbocycles. The van der Waals surface area contributed by atoms with Gasteiger partial charge < -0.3 is 14.2 Å². The van der Waals surface area contributed by atoms with Gasteiger partial charge in [-0.05, 0) is 12.1 Å². The minimum atomic E-state index is -1.25. The van der Waals surface area contributed by atoms with Crippen LogP contribution in [0, 0.1) is 0 Å². The van der Waals surface area contributed by atoms with Gasteiger partial charge in [-0.1, -0.05) is 12.1 Å². The molecule has 2 heterocycles. The van der Waals surface area contributed by atoms with Gasteiger partial charge in [0, 0.05) is 12.6 Å². The van der Waals surface area contributed by atoms with E-state index in [1.165, 1.54) is 22.9 Å². The maximum atomic E-state index is 11.8. The molecule has 7 nitrogen and oxygen atoms in total. The summed E-state index contributed by atoms with van der Waals surface area (Å²) >= 11 is 0. The number of carboxylic acids is 1. The maximum Gasteiger partial charge on any atom is 0.341 e. The van der Waals surface area contributed by atoms with E-state index in [0.29, 0.717) is 18.1 Å². The van der Waals surface area contributed by atoms with E-state index in [9.17, 15) is 9.59 Å². The third-order valence-electron chi connectivity index (χ3n) is 2.37. The van der Waals surface area contributed by atoms with Crippen molar-refractivity contribution in [1.82, 2.24) is 14.7 Å². The van der Waals surface area contributed by atoms with Gasteiger partial charge in [-0.3, -0.25) is 4.79 Å². The smallest absolute Gasteiger partial charge is 0.341 e. The lowest BCUT2D eigenvalue weighted by atomic mass is 10.3. The van der Waals surface area contributed by atoms with E-state index >= 15 is 0 Å². The summed E-state index contributed by atoms with van der Waals surface area (Å²) in [5.41, 5.74) is -0.871. The number of aromatic carboxylic acids is 1. The lowest BCUT2D eigenvalue weighted by Crippen LogP contribution is -2.26. The van der Waals surface area contributed by atoms with Gasteiger partial charge in [0.2, 0.25) is 5.89 Å².